The molecule has 0 saturated heterocycles. The number of aromatic nitrogens is 3. The highest BCUT2D eigenvalue weighted by molar-refractivity contribution is 6.31. The summed E-state index contributed by atoms with van der Waals surface area (Å²) in [5, 5.41) is 5.08. The second-order valence-electron chi connectivity index (χ2n) is 11.2. The summed E-state index contributed by atoms with van der Waals surface area (Å²) in [6.07, 6.45) is 3.65. The first-order valence-electron chi connectivity index (χ1n) is 15.0. The second kappa shape index (κ2) is 14.0. The molecule has 0 fully saturated rings. The molecule has 1 aliphatic heterocycles. The van der Waals surface area contributed by atoms with Crippen molar-refractivity contribution in [2.24, 2.45) is 0 Å². The third kappa shape index (κ3) is 7.50. The van der Waals surface area contributed by atoms with Gasteiger partial charge in [0.2, 0.25) is 5.91 Å². The van der Waals surface area contributed by atoms with Gasteiger partial charge in [0.05, 0.1) is 16.9 Å². The quantitative estimate of drug-likeness (QED) is 0.263. The normalized spacial score (nSPS) is 14.7. The molecule has 5 rings (SSSR count). The van der Waals surface area contributed by atoms with E-state index in [4.69, 9.17) is 11.6 Å². The van der Waals surface area contributed by atoms with Crippen LogP contribution in [0.5, 0.6) is 0 Å². The summed E-state index contributed by atoms with van der Waals surface area (Å²) < 4.78 is 1.78. The van der Waals surface area contributed by atoms with E-state index in [9.17, 15) is 9.59 Å². The van der Waals surface area contributed by atoms with Gasteiger partial charge in [-0.25, -0.2) is 9.67 Å². The monoisotopic (exact) mass is 598 g/mol. The van der Waals surface area contributed by atoms with Crippen LogP contribution in [0.3, 0.4) is 0 Å². The third-order valence-corrected chi connectivity index (χ3v) is 8.00. The number of amides is 2. The van der Waals surface area contributed by atoms with Crippen molar-refractivity contribution in [2.45, 2.75) is 53.1 Å². The van der Waals surface area contributed by atoms with E-state index >= 15 is 0 Å². The Kier molecular flexibility index (Phi) is 9.89. The van der Waals surface area contributed by atoms with E-state index in [2.05, 4.69) is 27.1 Å². The maximum absolute atomic E-state index is 14.1. The number of benzene rings is 2. The lowest BCUT2D eigenvalue weighted by Gasteiger charge is -2.28. The van der Waals surface area contributed by atoms with Crippen molar-refractivity contribution < 1.29 is 9.59 Å². The molecule has 2 aromatic carbocycles. The zero-order valence-electron chi connectivity index (χ0n) is 25.2. The van der Waals surface area contributed by atoms with Gasteiger partial charge in [0.15, 0.2) is 5.82 Å². The standard InChI is InChI=1S/C34H39ClN6O2/c1-4-9-33(42)40-17-8-16-38(23-27-10-6-5-7-11-27)18-19-39(24-29-12-14-30(35)21-31(29)40)34(43)28-13-15-32(36-22-28)41-26(3)20-25(2)37-41/h5-7,10-15,20-22H,4,8-9,16-19,23-24H2,1-3H3. The van der Waals surface area contributed by atoms with Crippen molar-refractivity contribution in [1.82, 2.24) is 24.6 Å². The summed E-state index contributed by atoms with van der Waals surface area (Å²) in [6.45, 7) is 9.65. The van der Waals surface area contributed by atoms with E-state index in [0.717, 1.165) is 48.6 Å². The Hall–Kier alpha value is -4.01. The molecule has 43 heavy (non-hydrogen) atoms. The maximum Gasteiger partial charge on any atom is 0.255 e. The number of pyridine rings is 1. The van der Waals surface area contributed by atoms with E-state index in [1.165, 1.54) is 5.56 Å². The SMILES string of the molecule is CCCC(=O)N1CCCN(Cc2ccccc2)CCN(C(=O)c2ccc(-n3nc(C)cc3C)nc2)Cc2ccc(Cl)cc21. The molecule has 0 aliphatic carbocycles. The molecule has 0 N–H and O–H groups in total. The molecule has 0 radical (unpaired) electrons. The molecule has 2 aromatic heterocycles. The van der Waals surface area contributed by atoms with Crippen LogP contribution in [0.15, 0.2) is 72.9 Å². The van der Waals surface area contributed by atoms with Gasteiger partial charge < -0.3 is 9.80 Å². The fourth-order valence-corrected chi connectivity index (χ4v) is 5.78. The lowest BCUT2D eigenvalue weighted by molar-refractivity contribution is -0.118. The van der Waals surface area contributed by atoms with E-state index in [1.807, 2.05) is 85.2 Å². The van der Waals surface area contributed by atoms with Crippen LogP contribution in [0.1, 0.15) is 59.1 Å². The van der Waals surface area contributed by atoms with Gasteiger partial charge in [-0.3, -0.25) is 14.5 Å². The Morgan fingerprint density at radius 1 is 0.930 bits per heavy atom. The summed E-state index contributed by atoms with van der Waals surface area (Å²) >= 11 is 6.47. The molecule has 0 atom stereocenters. The molecule has 4 aromatic rings. The maximum atomic E-state index is 14.1. The van der Waals surface area contributed by atoms with E-state index < -0.39 is 0 Å². The fourth-order valence-electron chi connectivity index (χ4n) is 5.62. The average molecular weight is 599 g/mol. The Morgan fingerprint density at radius 2 is 1.74 bits per heavy atom. The minimum absolute atomic E-state index is 0.0710. The molecule has 9 heteroatoms. The van der Waals surface area contributed by atoms with Crippen LogP contribution in [-0.4, -0.2) is 62.6 Å². The number of carbonyl (C=O) groups excluding carboxylic acids is 2. The van der Waals surface area contributed by atoms with Crippen LogP contribution in [0.25, 0.3) is 5.82 Å². The van der Waals surface area contributed by atoms with Gasteiger partial charge in [-0.2, -0.15) is 5.10 Å². The van der Waals surface area contributed by atoms with Gasteiger partial charge in [-0.05, 0) is 68.1 Å². The zero-order chi connectivity index (χ0) is 30.3. The molecule has 8 nitrogen and oxygen atoms in total. The number of hydrogen-bond acceptors (Lipinski definition) is 5. The topological polar surface area (TPSA) is 74.6 Å². The number of fused-ring (bicyclic) bond motifs is 1. The largest absolute Gasteiger partial charge is 0.333 e. The molecule has 0 spiro atoms. The summed E-state index contributed by atoms with van der Waals surface area (Å²) in [6, 6.07) is 21.6. The number of halogens is 1. The first-order chi connectivity index (χ1) is 20.8. The molecular weight excluding hydrogens is 560 g/mol. The lowest BCUT2D eigenvalue weighted by atomic mass is 10.1. The number of anilines is 1. The van der Waals surface area contributed by atoms with Crippen LogP contribution in [0.2, 0.25) is 5.02 Å². The van der Waals surface area contributed by atoms with E-state index in [-0.39, 0.29) is 11.8 Å². The molecule has 0 bridgehead atoms. The molecule has 2 amide bonds. The number of rotatable bonds is 6. The molecule has 0 saturated carbocycles. The van der Waals surface area contributed by atoms with Crippen LogP contribution >= 0.6 is 11.6 Å². The lowest BCUT2D eigenvalue weighted by Crippen LogP contribution is -2.38. The van der Waals surface area contributed by atoms with Gasteiger partial charge in [0.25, 0.3) is 5.91 Å². The molecule has 224 valence electrons. The van der Waals surface area contributed by atoms with Gasteiger partial charge in [0, 0.05) is 62.6 Å². The molecule has 3 heterocycles. The van der Waals surface area contributed by atoms with E-state index in [1.54, 1.807) is 10.9 Å². The van der Waals surface area contributed by atoms with Crippen LogP contribution < -0.4 is 4.90 Å². The summed E-state index contributed by atoms with van der Waals surface area (Å²) in [7, 11) is 0. The van der Waals surface area contributed by atoms with Crippen molar-refractivity contribution in [3.8, 4) is 5.82 Å². The Bertz CT molecular complexity index is 1550. The Labute approximate surface area is 258 Å². The van der Waals surface area contributed by atoms with Crippen molar-refractivity contribution in [3.05, 3.63) is 106 Å². The fraction of sp³-hybridized carbons (Fsp3) is 0.353. The van der Waals surface area contributed by atoms with Crippen LogP contribution in [-0.2, 0) is 17.9 Å². The molecule has 1 aliphatic rings. The van der Waals surface area contributed by atoms with E-state index in [0.29, 0.717) is 49.0 Å². The highest BCUT2D eigenvalue weighted by atomic mass is 35.5. The minimum Gasteiger partial charge on any atom is -0.333 e. The first-order valence-corrected chi connectivity index (χ1v) is 15.3. The highest BCUT2D eigenvalue weighted by Gasteiger charge is 2.25. The average Bonchev–Trinajstić information content (AvgIpc) is 3.34. The van der Waals surface area contributed by atoms with Crippen molar-refractivity contribution >= 4 is 29.1 Å². The number of carbonyl (C=O) groups is 2. The summed E-state index contributed by atoms with van der Waals surface area (Å²) in [4.78, 5) is 38.1. The van der Waals surface area contributed by atoms with Gasteiger partial charge >= 0.3 is 0 Å². The predicted molar refractivity (Wildman–Crippen MR) is 171 cm³/mol. The van der Waals surface area contributed by atoms with Crippen LogP contribution in [0.4, 0.5) is 5.69 Å². The van der Waals surface area contributed by atoms with Gasteiger partial charge in [0.1, 0.15) is 0 Å². The second-order valence-corrected chi connectivity index (χ2v) is 11.6. The smallest absolute Gasteiger partial charge is 0.255 e. The minimum atomic E-state index is -0.112. The first kappa shape index (κ1) is 30.4. The van der Waals surface area contributed by atoms with Crippen LogP contribution in [0, 0.1) is 13.8 Å². The number of aryl methyl sites for hydroxylation is 2. The molecule has 0 unspecified atom stereocenters. The number of hydrogen-bond donors (Lipinski definition) is 0. The highest BCUT2D eigenvalue weighted by Crippen LogP contribution is 2.29. The summed E-state index contributed by atoms with van der Waals surface area (Å²) in [5.41, 5.74) is 5.28. The van der Waals surface area contributed by atoms with Crippen molar-refractivity contribution in [2.75, 3.05) is 31.1 Å². The van der Waals surface area contributed by atoms with Gasteiger partial charge in [-0.15, -0.1) is 0 Å². The Morgan fingerprint density at radius 3 is 2.44 bits per heavy atom. The van der Waals surface area contributed by atoms with Crippen molar-refractivity contribution in [3.63, 3.8) is 0 Å². The molecular formula is C34H39ClN6O2. The van der Waals surface area contributed by atoms with Gasteiger partial charge in [-0.1, -0.05) is 54.9 Å². The zero-order valence-corrected chi connectivity index (χ0v) is 25.9. The third-order valence-electron chi connectivity index (χ3n) is 7.76. The van der Waals surface area contributed by atoms with Crippen molar-refractivity contribution in [1.29, 1.82) is 0 Å². The Balaban J connectivity index is 1.47. The summed E-state index contributed by atoms with van der Waals surface area (Å²) in [5.74, 6) is 0.624. The predicted octanol–water partition coefficient (Wildman–Crippen LogP) is 6.22. The number of nitrogens with zero attached hydrogens (tertiary/aromatic N) is 6.